The molecular weight excluding hydrogens is 249 g/mol. The summed E-state index contributed by atoms with van der Waals surface area (Å²) < 4.78 is 54.7. The second-order valence-corrected chi connectivity index (χ2v) is 4.40. The molecule has 0 radical (unpaired) electrons. The molecule has 0 aromatic rings. The summed E-state index contributed by atoms with van der Waals surface area (Å²) in [6.07, 6.45) is 0. The molecule has 0 fully saturated rings. The molecule has 1 unspecified atom stereocenters. The number of carbonyl (C=O) groups excluding carboxylic acids is 1. The van der Waals surface area contributed by atoms with Crippen LogP contribution in [0.2, 0.25) is 0 Å². The van der Waals surface area contributed by atoms with Crippen LogP contribution in [-0.2, 0) is 24.8 Å². The maximum atomic E-state index is 11.9. The van der Waals surface area contributed by atoms with Gasteiger partial charge in [0.15, 0.2) is 0 Å². The first kappa shape index (κ1) is 14.9. The fourth-order valence-corrected chi connectivity index (χ4v) is 1.10. The minimum absolute atomic E-state index is 0.574. The van der Waals surface area contributed by atoms with E-state index in [2.05, 4.69) is 15.5 Å². The molecule has 8 heteroatoms. The van der Waals surface area contributed by atoms with Gasteiger partial charge in [0.1, 0.15) is 11.2 Å². The summed E-state index contributed by atoms with van der Waals surface area (Å²) in [5.41, 5.74) is -6.52. The Labute approximate surface area is 93.1 Å². The molecule has 0 aliphatic carbocycles. The Hall–Kier alpha value is -1.05. The number of esters is 1. The van der Waals surface area contributed by atoms with Gasteiger partial charge >= 0.3 is 22.6 Å². The Balaban J connectivity index is 4.72. The normalized spacial score (nSPS) is 14.1. The van der Waals surface area contributed by atoms with Crippen molar-refractivity contribution in [2.75, 3.05) is 7.11 Å². The zero-order valence-electron chi connectivity index (χ0n) is 8.88. The smallest absolute Gasteiger partial charge is 0.468 e. The molecule has 0 heterocycles. The molecule has 0 saturated carbocycles. The zero-order valence-corrected chi connectivity index (χ0v) is 9.70. The largest absolute Gasteiger partial charge is 0.508 e. The highest BCUT2D eigenvalue weighted by Gasteiger charge is 2.43. The van der Waals surface area contributed by atoms with Gasteiger partial charge in [-0.15, -0.1) is 0 Å². The van der Waals surface area contributed by atoms with E-state index >= 15 is 0 Å². The summed E-state index contributed by atoms with van der Waals surface area (Å²) >= 11 is -3.54. The van der Waals surface area contributed by atoms with Crippen LogP contribution in [0.1, 0.15) is 13.8 Å². The Bertz CT molecular complexity index is 322. The number of alkyl halides is 3. The molecule has 0 rings (SSSR count). The summed E-state index contributed by atoms with van der Waals surface area (Å²) in [6.45, 7) is 5.62. The molecule has 0 amide bonds. The molecule has 4 nitrogen and oxygen atoms in total. The average Bonchev–Trinajstić information content (AvgIpc) is 2.14. The predicted molar refractivity (Wildman–Crippen MR) is 50.2 cm³/mol. The van der Waals surface area contributed by atoms with Crippen molar-refractivity contribution in [1.29, 1.82) is 0 Å². The summed E-state index contributed by atoms with van der Waals surface area (Å²) in [5.74, 6) is -1.41. The lowest BCUT2D eigenvalue weighted by molar-refractivity contribution is -0.149. The number of carbonyl (C=O) groups is 1. The monoisotopic (exact) mass is 260 g/mol. The fraction of sp³-hybridized carbons (Fsp3) is 0.625. The number of hydrogen-bond donors (Lipinski definition) is 0. The van der Waals surface area contributed by atoms with E-state index in [0.717, 1.165) is 7.11 Å². The highest BCUT2D eigenvalue weighted by atomic mass is 32.2. The van der Waals surface area contributed by atoms with E-state index in [-0.39, 0.29) is 0 Å². The van der Waals surface area contributed by atoms with Gasteiger partial charge in [-0.3, -0.25) is 4.79 Å². The third-order valence-electron chi connectivity index (χ3n) is 1.76. The first-order valence-electron chi connectivity index (χ1n) is 3.98. The lowest BCUT2D eigenvalue weighted by atomic mass is 9.92. The Morgan fingerprint density at radius 3 is 2.06 bits per heavy atom. The molecule has 0 bridgehead atoms. The molecule has 0 saturated heterocycles. The number of methoxy groups -OCH3 is 1. The minimum atomic E-state index is -5.02. The predicted octanol–water partition coefficient (Wildman–Crippen LogP) is 1.90. The SMILES string of the molecule is C=C(OS(=O)C(F)(F)F)C(C)(C)C(=O)OC. The van der Waals surface area contributed by atoms with Gasteiger partial charge in [-0.25, -0.2) is 4.21 Å². The number of ether oxygens (including phenoxy) is 1. The molecule has 16 heavy (non-hydrogen) atoms. The summed E-state index contributed by atoms with van der Waals surface area (Å²) in [4.78, 5) is 11.2. The van der Waals surface area contributed by atoms with Crippen LogP contribution in [-0.4, -0.2) is 22.8 Å². The van der Waals surface area contributed by atoms with Crippen LogP contribution >= 0.6 is 0 Å². The summed E-state index contributed by atoms with van der Waals surface area (Å²) in [6, 6.07) is 0. The van der Waals surface area contributed by atoms with Crippen LogP contribution in [0, 0.1) is 5.41 Å². The van der Waals surface area contributed by atoms with Crippen LogP contribution in [0.4, 0.5) is 13.2 Å². The first-order chi connectivity index (χ1) is 7.03. The topological polar surface area (TPSA) is 52.6 Å². The lowest BCUT2D eigenvalue weighted by Gasteiger charge is -2.23. The van der Waals surface area contributed by atoms with Crippen molar-refractivity contribution < 1.29 is 31.1 Å². The Morgan fingerprint density at radius 1 is 1.31 bits per heavy atom. The van der Waals surface area contributed by atoms with Crippen molar-refractivity contribution in [3.63, 3.8) is 0 Å². The van der Waals surface area contributed by atoms with E-state index in [4.69, 9.17) is 0 Å². The molecule has 94 valence electrons. The molecule has 0 aromatic carbocycles. The number of rotatable bonds is 4. The van der Waals surface area contributed by atoms with Gasteiger partial charge in [-0.05, 0) is 13.8 Å². The van der Waals surface area contributed by atoms with E-state index in [1.165, 1.54) is 13.8 Å². The quantitative estimate of drug-likeness (QED) is 0.572. The number of halogens is 3. The molecule has 0 spiro atoms. The summed E-state index contributed by atoms with van der Waals surface area (Å²) in [7, 11) is 1.07. The van der Waals surface area contributed by atoms with Crippen molar-refractivity contribution in [3.8, 4) is 0 Å². The van der Waals surface area contributed by atoms with Crippen LogP contribution < -0.4 is 0 Å². The molecule has 0 N–H and O–H groups in total. The molecule has 0 aliphatic heterocycles. The van der Waals surface area contributed by atoms with Crippen molar-refractivity contribution in [2.45, 2.75) is 19.4 Å². The van der Waals surface area contributed by atoms with Crippen LogP contribution in [0.5, 0.6) is 0 Å². The van der Waals surface area contributed by atoms with Crippen LogP contribution in [0.3, 0.4) is 0 Å². The van der Waals surface area contributed by atoms with Gasteiger partial charge in [-0.1, -0.05) is 6.58 Å². The highest BCUT2D eigenvalue weighted by Crippen LogP contribution is 2.31. The molecular formula is C8H11F3O4S. The molecule has 1 atom stereocenters. The second-order valence-electron chi connectivity index (χ2n) is 3.30. The third-order valence-corrected chi connectivity index (χ3v) is 2.49. The third kappa shape index (κ3) is 3.51. The average molecular weight is 260 g/mol. The summed E-state index contributed by atoms with van der Waals surface area (Å²) in [5, 5.41) is 0. The van der Waals surface area contributed by atoms with Crippen molar-refractivity contribution >= 4 is 17.0 Å². The van der Waals surface area contributed by atoms with Gasteiger partial charge in [0, 0.05) is 0 Å². The van der Waals surface area contributed by atoms with Gasteiger partial charge in [0.25, 0.3) is 0 Å². The Morgan fingerprint density at radius 2 is 1.75 bits per heavy atom. The standard InChI is InChI=1S/C8H11F3O4S/c1-5(7(2,3)6(12)14-4)15-16(13)8(9,10)11/h1H2,2-4H3. The van der Waals surface area contributed by atoms with E-state index in [9.17, 15) is 22.2 Å². The van der Waals surface area contributed by atoms with E-state index in [1.54, 1.807) is 0 Å². The van der Waals surface area contributed by atoms with Gasteiger partial charge < -0.3 is 8.92 Å². The minimum Gasteiger partial charge on any atom is -0.468 e. The molecule has 0 aromatic heterocycles. The second kappa shape index (κ2) is 4.86. The lowest BCUT2D eigenvalue weighted by Crippen LogP contribution is -2.30. The van der Waals surface area contributed by atoms with Crippen molar-refractivity contribution in [1.82, 2.24) is 0 Å². The van der Waals surface area contributed by atoms with Crippen LogP contribution in [0.15, 0.2) is 12.3 Å². The van der Waals surface area contributed by atoms with Crippen molar-refractivity contribution in [2.24, 2.45) is 5.41 Å². The highest BCUT2D eigenvalue weighted by molar-refractivity contribution is 7.81. The maximum Gasteiger partial charge on any atom is 0.508 e. The zero-order chi connectivity index (χ0) is 13.1. The van der Waals surface area contributed by atoms with Crippen molar-refractivity contribution in [3.05, 3.63) is 12.3 Å². The van der Waals surface area contributed by atoms with E-state index in [0.29, 0.717) is 0 Å². The van der Waals surface area contributed by atoms with E-state index < -0.39 is 33.7 Å². The number of hydrogen-bond acceptors (Lipinski definition) is 4. The maximum absolute atomic E-state index is 11.9. The molecule has 0 aliphatic rings. The van der Waals surface area contributed by atoms with Crippen LogP contribution in [0.25, 0.3) is 0 Å². The first-order valence-corrected chi connectivity index (χ1v) is 5.05. The van der Waals surface area contributed by atoms with E-state index in [1.807, 2.05) is 0 Å². The van der Waals surface area contributed by atoms with Gasteiger partial charge in [0.05, 0.1) is 7.11 Å². The van der Waals surface area contributed by atoms with Gasteiger partial charge in [-0.2, -0.15) is 13.2 Å². The van der Waals surface area contributed by atoms with Gasteiger partial charge in [0.2, 0.25) is 0 Å². The Kier molecular flexibility index (Phi) is 4.54. The fourth-order valence-electron chi connectivity index (χ4n) is 0.612.